The number of aromatic nitrogens is 3. The van der Waals surface area contributed by atoms with Crippen molar-refractivity contribution in [2.75, 3.05) is 0 Å². The predicted molar refractivity (Wildman–Crippen MR) is 122 cm³/mol. The lowest BCUT2D eigenvalue weighted by atomic mass is 10.1. The van der Waals surface area contributed by atoms with Gasteiger partial charge in [-0.25, -0.2) is 9.48 Å². The van der Waals surface area contributed by atoms with E-state index in [0.29, 0.717) is 0 Å². The molecule has 4 aromatic rings. The molecule has 0 amide bonds. The van der Waals surface area contributed by atoms with Gasteiger partial charge in [0.2, 0.25) is 0 Å². The van der Waals surface area contributed by atoms with E-state index in [1.165, 1.54) is 16.7 Å². The van der Waals surface area contributed by atoms with Crippen molar-refractivity contribution < 1.29 is 23.1 Å². The third-order valence-electron chi connectivity index (χ3n) is 4.94. The second kappa shape index (κ2) is 11.2. The van der Waals surface area contributed by atoms with Crippen LogP contribution in [0.4, 0.5) is 13.2 Å². The van der Waals surface area contributed by atoms with Gasteiger partial charge in [-0.05, 0) is 53.9 Å². The summed E-state index contributed by atoms with van der Waals surface area (Å²) >= 11 is 0. The van der Waals surface area contributed by atoms with Crippen LogP contribution in [-0.2, 0) is 11.3 Å². The summed E-state index contributed by atoms with van der Waals surface area (Å²) in [4.78, 5) is 13.0. The highest BCUT2D eigenvalue weighted by atomic mass is 19.4. The van der Waals surface area contributed by atoms with Gasteiger partial charge in [-0.2, -0.15) is 18.3 Å². The average Bonchev–Trinajstić information content (AvgIpc) is 3.34. The van der Waals surface area contributed by atoms with Gasteiger partial charge < -0.3 is 10.4 Å². The summed E-state index contributed by atoms with van der Waals surface area (Å²) in [6, 6.07) is 25.2. The molecular weight excluding hydrogens is 445 g/mol. The number of pyridine rings is 1. The number of para-hydroxylation sites is 1. The number of hydrogen-bond acceptors (Lipinski definition) is 4. The number of benzene rings is 2. The summed E-state index contributed by atoms with van der Waals surface area (Å²) < 4.78 is 33.7. The highest BCUT2D eigenvalue weighted by Crippen LogP contribution is 2.20. The van der Waals surface area contributed by atoms with Gasteiger partial charge in [0.15, 0.2) is 0 Å². The molecule has 0 bridgehead atoms. The van der Waals surface area contributed by atoms with E-state index in [-0.39, 0.29) is 6.04 Å². The van der Waals surface area contributed by atoms with Crippen molar-refractivity contribution in [1.82, 2.24) is 20.1 Å². The third kappa shape index (κ3) is 6.76. The Labute approximate surface area is 194 Å². The topological polar surface area (TPSA) is 80.0 Å². The summed E-state index contributed by atoms with van der Waals surface area (Å²) in [5.74, 6) is -2.76. The quantitative estimate of drug-likeness (QED) is 0.395. The SMILES string of the molecule is CC(NCc1ccc(-c2ccncc2)cc1)c1ccnn1-c1ccccc1.O=C(O)C(F)(F)F. The summed E-state index contributed by atoms with van der Waals surface area (Å²) in [6.45, 7) is 2.97. The number of nitrogens with zero attached hydrogens (tertiary/aromatic N) is 3. The van der Waals surface area contributed by atoms with E-state index in [1.807, 2.05) is 53.6 Å². The number of carbonyl (C=O) groups is 1. The number of alkyl halides is 3. The highest BCUT2D eigenvalue weighted by Gasteiger charge is 2.38. The van der Waals surface area contributed by atoms with E-state index in [1.54, 1.807) is 0 Å². The Morgan fingerprint density at radius 3 is 2.12 bits per heavy atom. The van der Waals surface area contributed by atoms with Gasteiger partial charge in [-0.1, -0.05) is 42.5 Å². The molecule has 0 aliphatic heterocycles. The molecule has 1 atom stereocenters. The number of aliphatic carboxylic acids is 1. The van der Waals surface area contributed by atoms with Gasteiger partial charge in [-0.3, -0.25) is 4.98 Å². The Kier molecular flexibility index (Phi) is 8.15. The van der Waals surface area contributed by atoms with Crippen molar-refractivity contribution in [2.24, 2.45) is 0 Å². The van der Waals surface area contributed by atoms with Crippen LogP contribution in [-0.4, -0.2) is 32.0 Å². The predicted octanol–water partition coefficient (Wildman–Crippen LogP) is 5.42. The summed E-state index contributed by atoms with van der Waals surface area (Å²) in [5.41, 5.74) is 5.87. The fraction of sp³-hybridized carbons (Fsp3) is 0.160. The minimum atomic E-state index is -5.08. The van der Waals surface area contributed by atoms with Gasteiger partial charge in [0, 0.05) is 31.2 Å². The van der Waals surface area contributed by atoms with Crippen molar-refractivity contribution in [3.63, 3.8) is 0 Å². The molecule has 6 nitrogen and oxygen atoms in total. The molecule has 0 fully saturated rings. The fourth-order valence-corrected chi connectivity index (χ4v) is 3.16. The maximum atomic E-state index is 10.6. The number of halogens is 3. The Morgan fingerprint density at radius 1 is 0.941 bits per heavy atom. The van der Waals surface area contributed by atoms with Crippen LogP contribution in [0.25, 0.3) is 16.8 Å². The van der Waals surface area contributed by atoms with E-state index in [2.05, 4.69) is 64.8 Å². The van der Waals surface area contributed by atoms with E-state index >= 15 is 0 Å². The van der Waals surface area contributed by atoms with Crippen LogP contribution in [0.15, 0.2) is 91.4 Å². The van der Waals surface area contributed by atoms with Crippen LogP contribution < -0.4 is 5.32 Å². The second-order valence-electron chi connectivity index (χ2n) is 7.34. The van der Waals surface area contributed by atoms with Crippen LogP contribution in [0.1, 0.15) is 24.2 Å². The largest absolute Gasteiger partial charge is 0.490 e. The molecule has 34 heavy (non-hydrogen) atoms. The van der Waals surface area contributed by atoms with Crippen LogP contribution in [0, 0.1) is 0 Å². The lowest BCUT2D eigenvalue weighted by Crippen LogP contribution is -2.21. The van der Waals surface area contributed by atoms with Gasteiger partial charge in [0.25, 0.3) is 0 Å². The normalized spacial score (nSPS) is 11.9. The first-order valence-electron chi connectivity index (χ1n) is 10.4. The molecule has 0 radical (unpaired) electrons. The molecule has 0 aliphatic carbocycles. The lowest BCUT2D eigenvalue weighted by molar-refractivity contribution is -0.192. The maximum Gasteiger partial charge on any atom is 0.490 e. The van der Waals surface area contributed by atoms with Gasteiger partial charge in [-0.15, -0.1) is 0 Å². The van der Waals surface area contributed by atoms with Crippen LogP contribution >= 0.6 is 0 Å². The van der Waals surface area contributed by atoms with E-state index in [4.69, 9.17) is 9.90 Å². The number of carboxylic acids is 1. The minimum absolute atomic E-state index is 0.188. The standard InChI is InChI=1S/C23H22N4.C2HF3O2/c1-18(23-13-16-26-27(23)22-5-3-2-4-6-22)25-17-19-7-9-20(10-8-19)21-11-14-24-15-12-21;3-2(4,5)1(6)7/h2-16,18,25H,17H2,1H3;(H,6,7). The maximum absolute atomic E-state index is 10.6. The van der Waals surface area contributed by atoms with E-state index < -0.39 is 12.1 Å². The second-order valence-corrected chi connectivity index (χ2v) is 7.34. The number of nitrogens with one attached hydrogen (secondary N) is 1. The van der Waals surface area contributed by atoms with Crippen molar-refractivity contribution in [3.8, 4) is 16.8 Å². The van der Waals surface area contributed by atoms with Crippen molar-refractivity contribution in [1.29, 1.82) is 0 Å². The first-order chi connectivity index (χ1) is 16.3. The molecule has 1 unspecified atom stereocenters. The molecule has 2 heterocycles. The molecule has 0 saturated carbocycles. The number of rotatable bonds is 6. The van der Waals surface area contributed by atoms with E-state index in [9.17, 15) is 13.2 Å². The first-order valence-corrected chi connectivity index (χ1v) is 10.4. The monoisotopic (exact) mass is 468 g/mol. The minimum Gasteiger partial charge on any atom is -0.475 e. The van der Waals surface area contributed by atoms with Gasteiger partial charge in [0.1, 0.15) is 0 Å². The highest BCUT2D eigenvalue weighted by molar-refractivity contribution is 5.73. The van der Waals surface area contributed by atoms with Gasteiger partial charge in [0.05, 0.1) is 11.4 Å². The molecular formula is C25H23F3N4O2. The smallest absolute Gasteiger partial charge is 0.475 e. The third-order valence-corrected chi connectivity index (χ3v) is 4.94. The Hall–Kier alpha value is -3.98. The van der Waals surface area contributed by atoms with Crippen LogP contribution in [0.5, 0.6) is 0 Å². The summed E-state index contributed by atoms with van der Waals surface area (Å²) in [7, 11) is 0. The van der Waals surface area contributed by atoms with Gasteiger partial charge >= 0.3 is 12.1 Å². The van der Waals surface area contributed by atoms with Crippen molar-refractivity contribution >= 4 is 5.97 Å². The lowest BCUT2D eigenvalue weighted by Gasteiger charge is -2.16. The van der Waals surface area contributed by atoms with E-state index in [0.717, 1.165) is 17.9 Å². The molecule has 4 rings (SSSR count). The summed E-state index contributed by atoms with van der Waals surface area (Å²) in [5, 5.41) is 15.2. The molecule has 176 valence electrons. The number of carboxylic acid groups (broad SMARTS) is 1. The van der Waals surface area contributed by atoms with Crippen LogP contribution in [0.3, 0.4) is 0 Å². The molecule has 0 aliphatic rings. The zero-order chi connectivity index (χ0) is 24.6. The van der Waals surface area contributed by atoms with Crippen molar-refractivity contribution in [2.45, 2.75) is 25.7 Å². The molecule has 9 heteroatoms. The zero-order valence-corrected chi connectivity index (χ0v) is 18.3. The average molecular weight is 468 g/mol. The summed E-state index contributed by atoms with van der Waals surface area (Å²) in [6.07, 6.45) is 0.411. The number of hydrogen-bond donors (Lipinski definition) is 2. The molecule has 2 aromatic heterocycles. The fourth-order valence-electron chi connectivity index (χ4n) is 3.16. The Morgan fingerprint density at radius 2 is 1.53 bits per heavy atom. The Balaban J connectivity index is 0.000000406. The van der Waals surface area contributed by atoms with Crippen LogP contribution in [0.2, 0.25) is 0 Å². The molecule has 0 saturated heterocycles. The molecule has 2 N–H and O–H groups in total. The molecule has 0 spiro atoms. The first kappa shape index (κ1) is 24.7. The van der Waals surface area contributed by atoms with Crippen molar-refractivity contribution in [3.05, 3.63) is 103 Å². The zero-order valence-electron chi connectivity index (χ0n) is 18.3. The Bertz CT molecular complexity index is 1180. The molecule has 2 aromatic carbocycles.